The van der Waals surface area contributed by atoms with Crippen LogP contribution in [0.4, 0.5) is 16.2 Å². The molecule has 1 aliphatic rings. The maximum atomic E-state index is 11.9. The van der Waals surface area contributed by atoms with Gasteiger partial charge in [-0.1, -0.05) is 19.9 Å². The normalized spacial score (nSPS) is 20.7. The molecular formula is C18H28N2O2S. The molecule has 5 heteroatoms. The molecule has 1 unspecified atom stereocenters. The van der Waals surface area contributed by atoms with E-state index in [4.69, 9.17) is 4.74 Å². The number of carbonyl (C=O) groups is 1. The van der Waals surface area contributed by atoms with Crippen molar-refractivity contribution in [2.24, 2.45) is 5.41 Å². The first-order chi connectivity index (χ1) is 10.6. The van der Waals surface area contributed by atoms with Crippen LogP contribution in [-0.4, -0.2) is 29.2 Å². The summed E-state index contributed by atoms with van der Waals surface area (Å²) in [5.41, 5.74) is 1.64. The molecule has 1 amide bonds. The van der Waals surface area contributed by atoms with Crippen LogP contribution in [-0.2, 0) is 4.74 Å². The van der Waals surface area contributed by atoms with Crippen molar-refractivity contribution in [3.05, 3.63) is 24.3 Å². The molecule has 23 heavy (non-hydrogen) atoms. The first-order valence-corrected chi connectivity index (χ1v) is 9.23. The number of carbonyl (C=O) groups excluding carboxylic acids is 1. The smallest absolute Gasteiger partial charge is 0.412 e. The minimum absolute atomic E-state index is 0.368. The second-order valence-corrected chi connectivity index (χ2v) is 8.96. The Labute approximate surface area is 143 Å². The SMILES string of the molecule is CC1(C)CSCC(Nc2cccc(NC(=O)OC(C)(C)C)c2)C1. The van der Waals surface area contributed by atoms with Crippen LogP contribution in [0.5, 0.6) is 0 Å². The van der Waals surface area contributed by atoms with E-state index in [0.717, 1.165) is 23.5 Å². The van der Waals surface area contributed by atoms with Crippen LogP contribution in [0.15, 0.2) is 24.3 Å². The van der Waals surface area contributed by atoms with Crippen molar-refractivity contribution in [1.29, 1.82) is 0 Å². The van der Waals surface area contributed by atoms with Gasteiger partial charge in [0.2, 0.25) is 0 Å². The average molecular weight is 337 g/mol. The molecule has 1 aromatic carbocycles. The summed E-state index contributed by atoms with van der Waals surface area (Å²) in [6.45, 7) is 10.2. The Hall–Kier alpha value is -1.36. The predicted molar refractivity (Wildman–Crippen MR) is 99.4 cm³/mol. The Morgan fingerprint density at radius 1 is 1.30 bits per heavy atom. The lowest BCUT2D eigenvalue weighted by atomic mass is 9.88. The number of hydrogen-bond donors (Lipinski definition) is 2. The lowest BCUT2D eigenvalue weighted by Crippen LogP contribution is -2.35. The summed E-state index contributed by atoms with van der Waals surface area (Å²) >= 11 is 2.00. The van der Waals surface area contributed by atoms with Gasteiger partial charge in [0.1, 0.15) is 5.60 Å². The Morgan fingerprint density at radius 3 is 2.65 bits per heavy atom. The van der Waals surface area contributed by atoms with Crippen LogP contribution >= 0.6 is 11.8 Å². The third-order valence-corrected chi connectivity index (χ3v) is 5.11. The van der Waals surface area contributed by atoms with Gasteiger partial charge in [0.05, 0.1) is 0 Å². The average Bonchev–Trinajstić information content (AvgIpc) is 2.35. The summed E-state index contributed by atoms with van der Waals surface area (Å²) in [7, 11) is 0. The standard InChI is InChI=1S/C18H28N2O2S/c1-17(2,3)22-16(21)20-14-8-6-7-13(9-14)19-15-10-18(4,5)12-23-11-15/h6-9,15,19H,10-12H2,1-5H3,(H,20,21). The number of hydrogen-bond acceptors (Lipinski definition) is 4. The first-order valence-electron chi connectivity index (χ1n) is 8.07. The van der Waals surface area contributed by atoms with E-state index in [1.165, 1.54) is 5.75 Å². The van der Waals surface area contributed by atoms with Gasteiger partial charge in [0.15, 0.2) is 0 Å². The van der Waals surface area contributed by atoms with E-state index in [2.05, 4.69) is 24.5 Å². The van der Waals surface area contributed by atoms with Crippen molar-refractivity contribution >= 4 is 29.2 Å². The zero-order chi connectivity index (χ0) is 17.1. The monoisotopic (exact) mass is 336 g/mol. The quantitative estimate of drug-likeness (QED) is 0.817. The topological polar surface area (TPSA) is 50.4 Å². The van der Waals surface area contributed by atoms with Crippen LogP contribution < -0.4 is 10.6 Å². The van der Waals surface area contributed by atoms with E-state index in [1.54, 1.807) is 0 Å². The highest BCUT2D eigenvalue weighted by atomic mass is 32.2. The van der Waals surface area contributed by atoms with Gasteiger partial charge >= 0.3 is 6.09 Å². The Morgan fingerprint density at radius 2 is 2.00 bits per heavy atom. The molecule has 1 aliphatic heterocycles. The molecule has 0 radical (unpaired) electrons. The molecule has 2 N–H and O–H groups in total. The summed E-state index contributed by atoms with van der Waals surface area (Å²) in [6.07, 6.45) is 0.730. The molecule has 1 saturated heterocycles. The van der Waals surface area contributed by atoms with E-state index >= 15 is 0 Å². The van der Waals surface area contributed by atoms with Gasteiger partial charge in [0.25, 0.3) is 0 Å². The van der Waals surface area contributed by atoms with Gasteiger partial charge in [-0.05, 0) is 56.6 Å². The van der Waals surface area contributed by atoms with E-state index in [0.29, 0.717) is 11.5 Å². The molecule has 1 aromatic rings. The number of rotatable bonds is 3. The van der Waals surface area contributed by atoms with Crippen molar-refractivity contribution in [1.82, 2.24) is 0 Å². The number of nitrogens with one attached hydrogen (secondary N) is 2. The molecule has 4 nitrogen and oxygen atoms in total. The van der Waals surface area contributed by atoms with Gasteiger partial charge in [0, 0.05) is 23.2 Å². The van der Waals surface area contributed by atoms with Crippen LogP contribution in [0.1, 0.15) is 41.0 Å². The maximum absolute atomic E-state index is 11.9. The van der Waals surface area contributed by atoms with Crippen molar-refractivity contribution in [2.45, 2.75) is 52.7 Å². The van der Waals surface area contributed by atoms with Crippen LogP contribution in [0.25, 0.3) is 0 Å². The van der Waals surface area contributed by atoms with E-state index in [9.17, 15) is 4.79 Å². The van der Waals surface area contributed by atoms with Crippen molar-refractivity contribution in [2.75, 3.05) is 22.1 Å². The zero-order valence-electron chi connectivity index (χ0n) is 14.7. The molecule has 0 aliphatic carbocycles. The zero-order valence-corrected chi connectivity index (χ0v) is 15.5. The highest BCUT2D eigenvalue weighted by Crippen LogP contribution is 2.34. The minimum atomic E-state index is -0.495. The molecule has 1 fully saturated rings. The lowest BCUT2D eigenvalue weighted by Gasteiger charge is -2.35. The number of amides is 1. The van der Waals surface area contributed by atoms with Gasteiger partial charge in [-0.3, -0.25) is 5.32 Å². The third kappa shape index (κ3) is 6.34. The number of anilines is 2. The summed E-state index contributed by atoms with van der Waals surface area (Å²) in [4.78, 5) is 11.9. The molecule has 0 spiro atoms. The fraction of sp³-hybridized carbons (Fsp3) is 0.611. The van der Waals surface area contributed by atoms with Crippen LogP contribution in [0.3, 0.4) is 0 Å². The molecule has 128 valence electrons. The fourth-order valence-corrected chi connectivity index (χ4v) is 3.97. The largest absolute Gasteiger partial charge is 0.444 e. The molecule has 1 heterocycles. The summed E-state index contributed by atoms with van der Waals surface area (Å²) in [6, 6.07) is 8.26. The van der Waals surface area contributed by atoms with Crippen molar-refractivity contribution < 1.29 is 9.53 Å². The maximum Gasteiger partial charge on any atom is 0.412 e. The highest BCUT2D eigenvalue weighted by molar-refractivity contribution is 7.99. The Balaban J connectivity index is 1.96. The minimum Gasteiger partial charge on any atom is -0.444 e. The van der Waals surface area contributed by atoms with E-state index in [-0.39, 0.29) is 0 Å². The van der Waals surface area contributed by atoms with E-state index in [1.807, 2.05) is 56.8 Å². The highest BCUT2D eigenvalue weighted by Gasteiger charge is 2.28. The van der Waals surface area contributed by atoms with Gasteiger partial charge in [-0.25, -0.2) is 4.79 Å². The number of ether oxygens (including phenoxy) is 1. The molecule has 2 rings (SSSR count). The molecule has 0 saturated carbocycles. The van der Waals surface area contributed by atoms with Crippen molar-refractivity contribution in [3.8, 4) is 0 Å². The lowest BCUT2D eigenvalue weighted by molar-refractivity contribution is 0.0636. The Kier molecular flexibility index (Phi) is 5.50. The molecule has 0 bridgehead atoms. The first kappa shape index (κ1) is 18.0. The summed E-state index contributed by atoms with van der Waals surface area (Å²) < 4.78 is 5.28. The summed E-state index contributed by atoms with van der Waals surface area (Å²) in [5.74, 6) is 2.33. The van der Waals surface area contributed by atoms with Gasteiger partial charge in [-0.2, -0.15) is 11.8 Å². The molecule has 1 atom stereocenters. The Bertz CT molecular complexity index is 552. The number of benzene rings is 1. The fourth-order valence-electron chi connectivity index (χ4n) is 2.70. The van der Waals surface area contributed by atoms with Gasteiger partial charge < -0.3 is 10.1 Å². The van der Waals surface area contributed by atoms with Crippen LogP contribution in [0, 0.1) is 5.41 Å². The van der Waals surface area contributed by atoms with Crippen molar-refractivity contribution in [3.63, 3.8) is 0 Å². The van der Waals surface area contributed by atoms with E-state index < -0.39 is 11.7 Å². The second kappa shape index (κ2) is 7.04. The second-order valence-electron chi connectivity index (χ2n) is 7.93. The third-order valence-electron chi connectivity index (χ3n) is 3.49. The number of thioether (sulfide) groups is 1. The molecule has 0 aromatic heterocycles. The van der Waals surface area contributed by atoms with Gasteiger partial charge in [-0.15, -0.1) is 0 Å². The summed E-state index contributed by atoms with van der Waals surface area (Å²) in [5, 5.41) is 6.37. The van der Waals surface area contributed by atoms with Crippen LogP contribution in [0.2, 0.25) is 0 Å². The predicted octanol–water partition coefficient (Wildman–Crippen LogP) is 4.98. The molecular weight excluding hydrogens is 308 g/mol.